The maximum Gasteiger partial charge on any atom is 0.241 e. The quantitative estimate of drug-likeness (QED) is 0.733. The van der Waals surface area contributed by atoms with Crippen LogP contribution >= 0.6 is 0 Å². The fourth-order valence-corrected chi connectivity index (χ4v) is 2.37. The number of hydrogen-bond acceptors (Lipinski definition) is 5. The van der Waals surface area contributed by atoms with Gasteiger partial charge in [0.1, 0.15) is 16.4 Å². The number of nitrogens with two attached hydrogens (primary N) is 2. The van der Waals surface area contributed by atoms with Crippen LogP contribution in [0.1, 0.15) is 5.56 Å². The number of primary sulfonamides is 1. The van der Waals surface area contributed by atoms with Gasteiger partial charge in [0.05, 0.1) is 6.61 Å². The summed E-state index contributed by atoms with van der Waals surface area (Å²) in [6, 6.07) is 10.9. The first-order chi connectivity index (χ1) is 9.41. The molecule has 0 aliphatic rings. The average Bonchev–Trinajstić information content (AvgIpc) is 2.40. The van der Waals surface area contributed by atoms with Crippen LogP contribution in [0, 0.1) is 0 Å². The number of aliphatic hydroxyl groups is 1. The van der Waals surface area contributed by atoms with Crippen LogP contribution in [0.15, 0.2) is 47.4 Å². The largest absolute Gasteiger partial charge is 0.456 e. The summed E-state index contributed by atoms with van der Waals surface area (Å²) in [7, 11) is -3.96. The molecule has 106 valence electrons. The van der Waals surface area contributed by atoms with Gasteiger partial charge in [-0.25, -0.2) is 13.6 Å². The van der Waals surface area contributed by atoms with Gasteiger partial charge in [-0.3, -0.25) is 0 Å². The molecule has 0 bridgehead atoms. The van der Waals surface area contributed by atoms with Gasteiger partial charge in [0.25, 0.3) is 0 Å². The topological polar surface area (TPSA) is 116 Å². The first-order valence-electron chi connectivity index (χ1n) is 5.71. The maximum atomic E-state index is 11.5. The molecule has 0 aliphatic carbocycles. The second-order valence-corrected chi connectivity index (χ2v) is 5.65. The molecular formula is C13H14N2O4S. The Balaban J connectivity index is 2.49. The van der Waals surface area contributed by atoms with Crippen molar-refractivity contribution in [2.75, 3.05) is 5.73 Å². The Morgan fingerprint density at radius 3 is 2.45 bits per heavy atom. The zero-order chi connectivity index (χ0) is 14.8. The van der Waals surface area contributed by atoms with Crippen molar-refractivity contribution in [2.24, 2.45) is 5.14 Å². The average molecular weight is 294 g/mol. The van der Waals surface area contributed by atoms with Gasteiger partial charge in [0.2, 0.25) is 10.0 Å². The number of sulfonamides is 1. The van der Waals surface area contributed by atoms with Gasteiger partial charge >= 0.3 is 0 Å². The van der Waals surface area contributed by atoms with E-state index in [0.717, 1.165) is 0 Å². The summed E-state index contributed by atoms with van der Waals surface area (Å²) < 4.78 is 28.6. The van der Waals surface area contributed by atoms with E-state index in [1.165, 1.54) is 18.2 Å². The van der Waals surface area contributed by atoms with Gasteiger partial charge in [-0.15, -0.1) is 0 Å². The lowest BCUT2D eigenvalue weighted by Gasteiger charge is -2.12. The molecular weight excluding hydrogens is 280 g/mol. The maximum absolute atomic E-state index is 11.5. The van der Waals surface area contributed by atoms with Crippen LogP contribution in [0.2, 0.25) is 0 Å². The molecule has 2 aromatic carbocycles. The van der Waals surface area contributed by atoms with Gasteiger partial charge in [-0.1, -0.05) is 18.2 Å². The zero-order valence-electron chi connectivity index (χ0n) is 10.5. The van der Waals surface area contributed by atoms with Crippen LogP contribution < -0.4 is 15.6 Å². The van der Waals surface area contributed by atoms with Gasteiger partial charge in [0.15, 0.2) is 0 Å². The van der Waals surface area contributed by atoms with E-state index in [0.29, 0.717) is 11.3 Å². The molecule has 0 saturated heterocycles. The molecule has 7 heteroatoms. The van der Waals surface area contributed by atoms with Gasteiger partial charge in [-0.05, 0) is 24.3 Å². The second-order valence-electron chi connectivity index (χ2n) is 4.12. The van der Waals surface area contributed by atoms with Crippen molar-refractivity contribution in [2.45, 2.75) is 11.5 Å². The van der Waals surface area contributed by atoms with Crippen molar-refractivity contribution in [1.82, 2.24) is 0 Å². The van der Waals surface area contributed by atoms with Crippen molar-refractivity contribution in [3.63, 3.8) is 0 Å². The Kier molecular flexibility index (Phi) is 3.93. The van der Waals surface area contributed by atoms with Crippen molar-refractivity contribution in [1.29, 1.82) is 0 Å². The highest BCUT2D eigenvalue weighted by Crippen LogP contribution is 2.31. The summed E-state index contributed by atoms with van der Waals surface area (Å²) in [5, 5.41) is 14.4. The predicted octanol–water partition coefficient (Wildman–Crippen LogP) is 1.20. The Labute approximate surface area is 116 Å². The molecule has 0 aromatic heterocycles. The van der Waals surface area contributed by atoms with Crippen LogP contribution in [0.4, 0.5) is 5.69 Å². The van der Waals surface area contributed by atoms with Crippen molar-refractivity contribution < 1.29 is 18.3 Å². The van der Waals surface area contributed by atoms with Crippen molar-refractivity contribution in [3.05, 3.63) is 48.0 Å². The number of anilines is 1. The van der Waals surface area contributed by atoms with Crippen LogP contribution in [-0.4, -0.2) is 13.5 Å². The number of aliphatic hydroxyl groups excluding tert-OH is 1. The first kappa shape index (κ1) is 14.3. The van der Waals surface area contributed by atoms with Crippen LogP contribution in [0.25, 0.3) is 0 Å². The molecule has 2 rings (SSSR count). The molecule has 0 saturated carbocycles. The minimum Gasteiger partial charge on any atom is -0.456 e. The third-order valence-corrected chi connectivity index (χ3v) is 3.57. The third-order valence-electron chi connectivity index (χ3n) is 2.64. The van der Waals surface area contributed by atoms with Crippen molar-refractivity contribution in [3.8, 4) is 11.5 Å². The minimum absolute atomic E-state index is 0.0580. The van der Waals surface area contributed by atoms with E-state index in [9.17, 15) is 13.5 Å². The highest BCUT2D eigenvalue weighted by molar-refractivity contribution is 7.89. The number of nitrogen functional groups attached to an aromatic ring is 1. The standard InChI is InChI=1S/C13H14N2O4S/c14-10-5-6-12(13(7-10)20(15,17)18)19-11-4-2-1-3-9(11)8-16/h1-7,16H,8,14H2,(H2,15,17,18). The monoisotopic (exact) mass is 294 g/mol. The minimum atomic E-state index is -3.96. The Morgan fingerprint density at radius 1 is 1.10 bits per heavy atom. The SMILES string of the molecule is Nc1ccc(Oc2ccccc2CO)c(S(N)(=O)=O)c1. The number of ether oxygens (including phenoxy) is 1. The van der Waals surface area contributed by atoms with E-state index in [1.54, 1.807) is 24.3 Å². The molecule has 6 nitrogen and oxygen atoms in total. The lowest BCUT2D eigenvalue weighted by Crippen LogP contribution is -2.13. The lowest BCUT2D eigenvalue weighted by molar-refractivity contribution is 0.276. The summed E-state index contributed by atoms with van der Waals surface area (Å²) in [6.07, 6.45) is 0. The summed E-state index contributed by atoms with van der Waals surface area (Å²) >= 11 is 0. The van der Waals surface area contributed by atoms with E-state index in [-0.39, 0.29) is 22.9 Å². The fraction of sp³-hybridized carbons (Fsp3) is 0.0769. The summed E-state index contributed by atoms with van der Waals surface area (Å²) in [5.41, 5.74) is 6.35. The summed E-state index contributed by atoms with van der Waals surface area (Å²) in [5.74, 6) is 0.410. The highest BCUT2D eigenvalue weighted by Gasteiger charge is 2.17. The first-order valence-corrected chi connectivity index (χ1v) is 7.25. The van der Waals surface area contributed by atoms with E-state index in [2.05, 4.69) is 0 Å². The van der Waals surface area contributed by atoms with E-state index < -0.39 is 10.0 Å². The number of benzene rings is 2. The Morgan fingerprint density at radius 2 is 1.80 bits per heavy atom. The predicted molar refractivity (Wildman–Crippen MR) is 74.7 cm³/mol. The number of rotatable bonds is 4. The molecule has 0 heterocycles. The van der Waals surface area contributed by atoms with Gasteiger partial charge in [0, 0.05) is 11.3 Å². The lowest BCUT2D eigenvalue weighted by atomic mass is 10.2. The molecule has 2 aromatic rings. The van der Waals surface area contributed by atoms with E-state index in [1.807, 2.05) is 0 Å². The number of para-hydroxylation sites is 1. The Hall–Kier alpha value is -2.09. The molecule has 20 heavy (non-hydrogen) atoms. The normalized spacial score (nSPS) is 11.3. The van der Waals surface area contributed by atoms with E-state index in [4.69, 9.17) is 15.6 Å². The highest BCUT2D eigenvalue weighted by atomic mass is 32.2. The molecule has 0 spiro atoms. The van der Waals surface area contributed by atoms with Gasteiger partial charge in [-0.2, -0.15) is 0 Å². The zero-order valence-corrected chi connectivity index (χ0v) is 11.3. The third kappa shape index (κ3) is 3.08. The Bertz CT molecular complexity index is 729. The van der Waals surface area contributed by atoms with E-state index >= 15 is 0 Å². The molecule has 0 atom stereocenters. The van der Waals surface area contributed by atoms with Crippen molar-refractivity contribution >= 4 is 15.7 Å². The molecule has 0 radical (unpaired) electrons. The van der Waals surface area contributed by atoms with Crippen LogP contribution in [0.5, 0.6) is 11.5 Å². The summed E-state index contributed by atoms with van der Waals surface area (Å²) in [4.78, 5) is -0.203. The van der Waals surface area contributed by atoms with Crippen LogP contribution in [-0.2, 0) is 16.6 Å². The molecule has 0 fully saturated rings. The molecule has 0 unspecified atom stereocenters. The summed E-state index contributed by atoms with van der Waals surface area (Å²) in [6.45, 7) is -0.226. The molecule has 0 amide bonds. The molecule has 5 N–H and O–H groups in total. The molecule has 0 aliphatic heterocycles. The number of hydrogen-bond donors (Lipinski definition) is 3. The smallest absolute Gasteiger partial charge is 0.241 e. The van der Waals surface area contributed by atoms with Crippen LogP contribution in [0.3, 0.4) is 0 Å². The second kappa shape index (κ2) is 5.49. The van der Waals surface area contributed by atoms with Gasteiger partial charge < -0.3 is 15.6 Å². The fourth-order valence-electron chi connectivity index (χ4n) is 1.68.